The molecule has 0 N–H and O–H groups in total. The van der Waals surface area contributed by atoms with E-state index in [0.717, 1.165) is 58.0 Å². The van der Waals surface area contributed by atoms with E-state index in [1.54, 1.807) is 11.3 Å². The smallest absolute Gasteiger partial charge is 0.237 e. The van der Waals surface area contributed by atoms with Gasteiger partial charge in [-0.15, -0.1) is 11.3 Å². The van der Waals surface area contributed by atoms with Gasteiger partial charge in [-0.2, -0.15) is 0 Å². The van der Waals surface area contributed by atoms with Crippen LogP contribution in [0.5, 0.6) is 0 Å². The van der Waals surface area contributed by atoms with E-state index in [1.807, 2.05) is 9.80 Å². The van der Waals surface area contributed by atoms with E-state index in [2.05, 4.69) is 16.3 Å². The van der Waals surface area contributed by atoms with Gasteiger partial charge in [0.05, 0.1) is 6.54 Å². The van der Waals surface area contributed by atoms with E-state index in [9.17, 15) is 9.59 Å². The number of rotatable bonds is 5. The van der Waals surface area contributed by atoms with Crippen molar-refractivity contribution in [2.45, 2.75) is 51.5 Å². The van der Waals surface area contributed by atoms with Crippen molar-refractivity contribution in [3.8, 4) is 0 Å². The second kappa shape index (κ2) is 8.74. The molecule has 0 radical (unpaired) electrons. The number of hydrogen-bond acceptors (Lipinski definition) is 4. The third-order valence-electron chi connectivity index (χ3n) is 6.49. The summed E-state index contributed by atoms with van der Waals surface area (Å²) in [4.78, 5) is 32.8. The van der Waals surface area contributed by atoms with Crippen molar-refractivity contribution in [2.24, 2.45) is 5.92 Å². The highest BCUT2D eigenvalue weighted by Crippen LogP contribution is 2.29. The highest BCUT2D eigenvalue weighted by Gasteiger charge is 2.26. The van der Waals surface area contributed by atoms with Gasteiger partial charge >= 0.3 is 0 Å². The van der Waals surface area contributed by atoms with Crippen LogP contribution in [0.15, 0.2) is 11.4 Å². The summed E-state index contributed by atoms with van der Waals surface area (Å²) >= 11 is 1.80. The second-order valence-electron chi connectivity index (χ2n) is 8.28. The molecule has 0 atom stereocenters. The van der Waals surface area contributed by atoms with Gasteiger partial charge in [0.1, 0.15) is 0 Å². The monoisotopic (exact) mass is 389 g/mol. The third-order valence-corrected chi connectivity index (χ3v) is 7.51. The van der Waals surface area contributed by atoms with E-state index in [-0.39, 0.29) is 5.91 Å². The van der Waals surface area contributed by atoms with Gasteiger partial charge in [0, 0.05) is 50.6 Å². The summed E-state index contributed by atoms with van der Waals surface area (Å²) in [5.41, 5.74) is 1.32. The normalized spacial score (nSPS) is 21.5. The van der Waals surface area contributed by atoms with E-state index in [0.29, 0.717) is 18.9 Å². The van der Waals surface area contributed by atoms with Gasteiger partial charge in [0.15, 0.2) is 0 Å². The Kier molecular flexibility index (Phi) is 6.13. The molecule has 2 aliphatic heterocycles. The Hall–Kier alpha value is -1.40. The lowest BCUT2D eigenvalue weighted by Gasteiger charge is -2.36. The standard InChI is InChI=1S/C21H31N3O2S/c25-20(6-5-17-3-1-2-4-17)23-12-10-22(11-13-23)16-21(26)24-9-7-19-18(15-24)8-14-27-19/h8,14,17H,1-7,9-13,15-16H2. The first-order valence-corrected chi connectivity index (χ1v) is 11.4. The number of thiophene rings is 1. The van der Waals surface area contributed by atoms with Crippen molar-refractivity contribution >= 4 is 23.2 Å². The van der Waals surface area contributed by atoms with Crippen molar-refractivity contribution in [3.63, 3.8) is 0 Å². The fourth-order valence-electron chi connectivity index (χ4n) is 4.69. The Labute approximate surface area is 166 Å². The van der Waals surface area contributed by atoms with E-state index in [1.165, 1.54) is 36.1 Å². The zero-order valence-corrected chi connectivity index (χ0v) is 17.0. The van der Waals surface area contributed by atoms with Crippen LogP contribution in [0.4, 0.5) is 0 Å². The summed E-state index contributed by atoms with van der Waals surface area (Å²) < 4.78 is 0. The van der Waals surface area contributed by atoms with Crippen LogP contribution in [0.25, 0.3) is 0 Å². The number of amides is 2. The molecule has 1 aliphatic carbocycles. The van der Waals surface area contributed by atoms with Crippen LogP contribution >= 0.6 is 11.3 Å². The maximum absolute atomic E-state index is 12.7. The molecule has 6 heteroatoms. The molecule has 0 spiro atoms. The van der Waals surface area contributed by atoms with Crippen LogP contribution < -0.4 is 0 Å². The Bertz CT molecular complexity index is 660. The zero-order valence-electron chi connectivity index (χ0n) is 16.2. The minimum Gasteiger partial charge on any atom is -0.340 e. The van der Waals surface area contributed by atoms with E-state index in [4.69, 9.17) is 0 Å². The molecule has 4 rings (SSSR count). The molecule has 1 aromatic heterocycles. The van der Waals surface area contributed by atoms with Crippen molar-refractivity contribution < 1.29 is 9.59 Å². The fourth-order valence-corrected chi connectivity index (χ4v) is 5.58. The molecule has 2 amide bonds. The topological polar surface area (TPSA) is 43.9 Å². The molecular weight excluding hydrogens is 358 g/mol. The van der Waals surface area contributed by atoms with Gasteiger partial charge in [-0.1, -0.05) is 25.7 Å². The quantitative estimate of drug-likeness (QED) is 0.778. The Morgan fingerprint density at radius 3 is 2.56 bits per heavy atom. The number of carbonyl (C=O) groups is 2. The van der Waals surface area contributed by atoms with Crippen LogP contribution in [-0.2, 0) is 22.6 Å². The number of fused-ring (bicyclic) bond motifs is 1. The predicted molar refractivity (Wildman–Crippen MR) is 108 cm³/mol. The maximum Gasteiger partial charge on any atom is 0.237 e. The second-order valence-corrected chi connectivity index (χ2v) is 9.28. The molecule has 0 bridgehead atoms. The van der Waals surface area contributed by atoms with Crippen LogP contribution in [-0.4, -0.2) is 65.8 Å². The van der Waals surface area contributed by atoms with Crippen LogP contribution in [0.1, 0.15) is 49.0 Å². The summed E-state index contributed by atoms with van der Waals surface area (Å²) in [6, 6.07) is 2.15. The summed E-state index contributed by atoms with van der Waals surface area (Å²) in [6.07, 6.45) is 8.07. The van der Waals surface area contributed by atoms with Gasteiger partial charge in [-0.3, -0.25) is 14.5 Å². The van der Waals surface area contributed by atoms with Gasteiger partial charge in [-0.25, -0.2) is 0 Å². The molecule has 0 unspecified atom stereocenters. The van der Waals surface area contributed by atoms with Crippen LogP contribution in [0, 0.1) is 5.92 Å². The molecule has 1 saturated heterocycles. The Balaban J connectivity index is 1.18. The molecule has 5 nitrogen and oxygen atoms in total. The van der Waals surface area contributed by atoms with E-state index >= 15 is 0 Å². The molecule has 1 aromatic rings. The fraction of sp³-hybridized carbons (Fsp3) is 0.714. The largest absolute Gasteiger partial charge is 0.340 e. The first-order chi connectivity index (χ1) is 13.2. The number of piperazine rings is 1. The SMILES string of the molecule is O=C(CCC1CCCC1)N1CCN(CC(=O)N2CCc3sccc3C2)CC1. The molecule has 0 aromatic carbocycles. The lowest BCUT2D eigenvalue weighted by Crippen LogP contribution is -2.51. The molecule has 1 saturated carbocycles. The van der Waals surface area contributed by atoms with Crippen molar-refractivity contribution in [1.29, 1.82) is 0 Å². The number of carbonyl (C=O) groups excluding carboxylic acids is 2. The van der Waals surface area contributed by atoms with Gasteiger partial charge in [0.25, 0.3) is 0 Å². The van der Waals surface area contributed by atoms with Gasteiger partial charge in [0.2, 0.25) is 11.8 Å². The Morgan fingerprint density at radius 1 is 1.00 bits per heavy atom. The van der Waals surface area contributed by atoms with Crippen molar-refractivity contribution in [1.82, 2.24) is 14.7 Å². The summed E-state index contributed by atoms with van der Waals surface area (Å²) in [5, 5.41) is 2.13. The van der Waals surface area contributed by atoms with Gasteiger partial charge < -0.3 is 9.80 Å². The molecular formula is C21H31N3O2S. The zero-order chi connectivity index (χ0) is 18.6. The lowest BCUT2D eigenvalue weighted by molar-refractivity contribution is -0.135. The minimum atomic E-state index is 0.229. The highest BCUT2D eigenvalue weighted by molar-refractivity contribution is 7.10. The number of hydrogen-bond donors (Lipinski definition) is 0. The minimum absolute atomic E-state index is 0.229. The van der Waals surface area contributed by atoms with E-state index < -0.39 is 0 Å². The third kappa shape index (κ3) is 4.72. The predicted octanol–water partition coefficient (Wildman–Crippen LogP) is 2.75. The average molecular weight is 390 g/mol. The average Bonchev–Trinajstić information content (AvgIpc) is 3.37. The first-order valence-electron chi connectivity index (χ1n) is 10.5. The van der Waals surface area contributed by atoms with Crippen LogP contribution in [0.2, 0.25) is 0 Å². The summed E-state index contributed by atoms with van der Waals surface area (Å²) in [5.74, 6) is 1.32. The maximum atomic E-state index is 12.7. The lowest BCUT2D eigenvalue weighted by atomic mass is 10.0. The first kappa shape index (κ1) is 18.9. The van der Waals surface area contributed by atoms with Crippen LogP contribution in [0.3, 0.4) is 0 Å². The summed E-state index contributed by atoms with van der Waals surface area (Å²) in [6.45, 7) is 5.26. The molecule has 148 valence electrons. The van der Waals surface area contributed by atoms with Crippen molar-refractivity contribution in [3.05, 3.63) is 21.9 Å². The molecule has 3 aliphatic rings. The number of nitrogens with zero attached hydrogens (tertiary/aromatic N) is 3. The Morgan fingerprint density at radius 2 is 1.78 bits per heavy atom. The molecule has 3 heterocycles. The van der Waals surface area contributed by atoms with Gasteiger partial charge in [-0.05, 0) is 35.8 Å². The molecule has 2 fully saturated rings. The molecule has 27 heavy (non-hydrogen) atoms. The highest BCUT2D eigenvalue weighted by atomic mass is 32.1. The summed E-state index contributed by atoms with van der Waals surface area (Å²) in [7, 11) is 0. The van der Waals surface area contributed by atoms with Crippen molar-refractivity contribution in [2.75, 3.05) is 39.3 Å².